The standard InChI is InChI=1S/C18H19F2N3O5/c1-26-7-12-13(23-17(25)18(12,19)20)8-28-16-10-6-14(27-2)11(15(21)24)5-9(10)3-4-22-16/h3-6,12-13H,7-8H2,1-2H3,(H2,21,24)(H,23,25)/t12-,13+/m0/s1. The van der Waals surface area contributed by atoms with Crippen LogP contribution < -0.4 is 20.5 Å². The maximum Gasteiger partial charge on any atom is 0.331 e. The van der Waals surface area contributed by atoms with Gasteiger partial charge in [-0.15, -0.1) is 0 Å². The molecule has 3 rings (SSSR count). The summed E-state index contributed by atoms with van der Waals surface area (Å²) in [5.74, 6) is -6.55. The van der Waals surface area contributed by atoms with Gasteiger partial charge in [0.2, 0.25) is 5.88 Å². The van der Waals surface area contributed by atoms with E-state index in [2.05, 4.69) is 10.3 Å². The van der Waals surface area contributed by atoms with Crippen molar-refractivity contribution < 1.29 is 32.6 Å². The molecule has 10 heteroatoms. The summed E-state index contributed by atoms with van der Waals surface area (Å²) < 4.78 is 43.7. The summed E-state index contributed by atoms with van der Waals surface area (Å²) in [7, 11) is 2.67. The monoisotopic (exact) mass is 395 g/mol. The van der Waals surface area contributed by atoms with Crippen molar-refractivity contribution >= 4 is 22.6 Å². The molecule has 1 aromatic carbocycles. The van der Waals surface area contributed by atoms with Crippen molar-refractivity contribution in [2.45, 2.75) is 12.0 Å². The molecule has 3 N–H and O–H groups in total. The Morgan fingerprint density at radius 2 is 2.07 bits per heavy atom. The highest BCUT2D eigenvalue weighted by Gasteiger charge is 2.57. The van der Waals surface area contributed by atoms with Gasteiger partial charge in [-0.2, -0.15) is 8.78 Å². The number of amides is 2. The van der Waals surface area contributed by atoms with Crippen LogP contribution in [0.15, 0.2) is 24.4 Å². The van der Waals surface area contributed by atoms with Crippen LogP contribution in [0.5, 0.6) is 11.6 Å². The van der Waals surface area contributed by atoms with Crippen LogP contribution in [-0.4, -0.2) is 56.2 Å². The molecule has 1 aliphatic rings. The number of hydrogen-bond acceptors (Lipinski definition) is 6. The Bertz CT molecular complexity index is 921. The number of nitrogens with two attached hydrogens (primary N) is 1. The summed E-state index contributed by atoms with van der Waals surface area (Å²) in [6.07, 6.45) is 1.45. The Hall–Kier alpha value is -3.01. The first kappa shape index (κ1) is 19.7. The van der Waals surface area contributed by atoms with Crippen molar-refractivity contribution in [2.24, 2.45) is 11.7 Å². The Labute approximate surface area is 158 Å². The molecule has 1 aromatic heterocycles. The minimum atomic E-state index is -3.55. The Morgan fingerprint density at radius 1 is 1.32 bits per heavy atom. The third-order valence-electron chi connectivity index (χ3n) is 4.63. The minimum absolute atomic E-state index is 0.146. The van der Waals surface area contributed by atoms with Crippen LogP contribution >= 0.6 is 0 Å². The van der Waals surface area contributed by atoms with E-state index in [4.69, 9.17) is 19.9 Å². The van der Waals surface area contributed by atoms with Gasteiger partial charge in [-0.1, -0.05) is 0 Å². The van der Waals surface area contributed by atoms with Gasteiger partial charge in [0.15, 0.2) is 0 Å². The molecular formula is C18H19F2N3O5. The molecule has 2 aromatic rings. The number of carbonyl (C=O) groups is 2. The van der Waals surface area contributed by atoms with E-state index >= 15 is 0 Å². The Kier molecular flexibility index (Phi) is 5.32. The van der Waals surface area contributed by atoms with Gasteiger partial charge in [-0.05, 0) is 23.6 Å². The van der Waals surface area contributed by atoms with E-state index in [0.29, 0.717) is 10.8 Å². The number of nitrogens with one attached hydrogen (secondary N) is 1. The summed E-state index contributed by atoms with van der Waals surface area (Å²) >= 11 is 0. The summed E-state index contributed by atoms with van der Waals surface area (Å²) in [5, 5.41) is 3.35. The molecule has 0 saturated carbocycles. The lowest BCUT2D eigenvalue weighted by Crippen LogP contribution is -2.38. The summed E-state index contributed by atoms with van der Waals surface area (Å²) in [4.78, 5) is 27.2. The Morgan fingerprint density at radius 3 is 2.71 bits per heavy atom. The van der Waals surface area contributed by atoms with Gasteiger partial charge in [0.1, 0.15) is 12.4 Å². The van der Waals surface area contributed by atoms with Crippen LogP contribution in [0.1, 0.15) is 10.4 Å². The van der Waals surface area contributed by atoms with Crippen LogP contribution in [0.2, 0.25) is 0 Å². The molecule has 0 bridgehead atoms. The predicted octanol–water partition coefficient (Wildman–Crippen LogP) is 1.12. The maximum atomic E-state index is 14.0. The number of nitrogens with zero attached hydrogens (tertiary/aromatic N) is 1. The highest BCUT2D eigenvalue weighted by Crippen LogP contribution is 2.35. The average molecular weight is 395 g/mol. The smallest absolute Gasteiger partial charge is 0.331 e. The highest BCUT2D eigenvalue weighted by molar-refractivity contribution is 6.01. The second-order valence-corrected chi connectivity index (χ2v) is 6.33. The number of halogens is 2. The van der Waals surface area contributed by atoms with E-state index in [1.165, 1.54) is 32.5 Å². The molecule has 0 unspecified atom stereocenters. The summed E-state index contributed by atoms with van der Waals surface area (Å²) in [6, 6.07) is 3.76. The van der Waals surface area contributed by atoms with Gasteiger partial charge in [0, 0.05) is 18.7 Å². The normalized spacial score (nSPS) is 20.8. The lowest BCUT2D eigenvalue weighted by atomic mass is 9.99. The van der Waals surface area contributed by atoms with Crippen molar-refractivity contribution in [2.75, 3.05) is 27.4 Å². The molecule has 28 heavy (non-hydrogen) atoms. The number of pyridine rings is 1. The first-order chi connectivity index (χ1) is 13.3. The van der Waals surface area contributed by atoms with Crippen molar-refractivity contribution in [3.8, 4) is 11.6 Å². The second kappa shape index (κ2) is 7.55. The van der Waals surface area contributed by atoms with Crippen LogP contribution in [0.3, 0.4) is 0 Å². The fourth-order valence-corrected chi connectivity index (χ4v) is 3.16. The SMILES string of the molecule is COC[C@H]1[C@@H](COc2nccc3cc(C(N)=O)c(OC)cc23)NC(=O)C1(F)F. The van der Waals surface area contributed by atoms with Crippen LogP contribution in [0.25, 0.3) is 10.8 Å². The molecule has 8 nitrogen and oxygen atoms in total. The number of hydrogen-bond donors (Lipinski definition) is 2. The van der Waals surface area contributed by atoms with Gasteiger partial charge in [-0.25, -0.2) is 4.98 Å². The fourth-order valence-electron chi connectivity index (χ4n) is 3.16. The van der Waals surface area contributed by atoms with Crippen molar-refractivity contribution in [1.82, 2.24) is 10.3 Å². The predicted molar refractivity (Wildman–Crippen MR) is 94.6 cm³/mol. The molecule has 150 valence electrons. The number of rotatable bonds is 7. The fraction of sp³-hybridized carbons (Fsp3) is 0.389. The first-order valence-electron chi connectivity index (χ1n) is 8.36. The second-order valence-electron chi connectivity index (χ2n) is 6.33. The largest absolute Gasteiger partial charge is 0.496 e. The number of ether oxygens (including phenoxy) is 3. The van der Waals surface area contributed by atoms with Crippen LogP contribution in [0.4, 0.5) is 8.78 Å². The van der Waals surface area contributed by atoms with Crippen molar-refractivity contribution in [1.29, 1.82) is 0 Å². The minimum Gasteiger partial charge on any atom is -0.496 e. The molecule has 0 radical (unpaired) electrons. The van der Waals surface area contributed by atoms with Gasteiger partial charge >= 0.3 is 5.92 Å². The van der Waals surface area contributed by atoms with Crippen LogP contribution in [0, 0.1) is 5.92 Å². The Balaban J connectivity index is 1.88. The zero-order valence-corrected chi connectivity index (χ0v) is 15.2. The van der Waals surface area contributed by atoms with Gasteiger partial charge < -0.3 is 25.3 Å². The van der Waals surface area contributed by atoms with E-state index in [-0.39, 0.29) is 30.4 Å². The summed E-state index contributed by atoms with van der Waals surface area (Å²) in [5.41, 5.74) is 5.54. The summed E-state index contributed by atoms with van der Waals surface area (Å²) in [6.45, 7) is -0.542. The molecule has 1 aliphatic heterocycles. The van der Waals surface area contributed by atoms with Crippen molar-refractivity contribution in [3.05, 3.63) is 30.0 Å². The van der Waals surface area contributed by atoms with Crippen molar-refractivity contribution in [3.63, 3.8) is 0 Å². The molecule has 0 aliphatic carbocycles. The third-order valence-corrected chi connectivity index (χ3v) is 4.63. The van der Waals surface area contributed by atoms with Gasteiger partial charge in [-0.3, -0.25) is 9.59 Å². The van der Waals surface area contributed by atoms with E-state index < -0.39 is 29.7 Å². The molecule has 1 saturated heterocycles. The van der Waals surface area contributed by atoms with Crippen LogP contribution in [-0.2, 0) is 9.53 Å². The number of primary amides is 1. The number of aromatic nitrogens is 1. The quantitative estimate of drug-likeness (QED) is 0.726. The third kappa shape index (κ3) is 3.42. The molecule has 0 spiro atoms. The average Bonchev–Trinajstić information content (AvgIpc) is 2.88. The zero-order chi connectivity index (χ0) is 20.5. The molecule has 2 heterocycles. The highest BCUT2D eigenvalue weighted by atomic mass is 19.3. The molecular weight excluding hydrogens is 376 g/mol. The molecule has 2 amide bonds. The van der Waals surface area contributed by atoms with E-state index in [1.54, 1.807) is 6.07 Å². The zero-order valence-electron chi connectivity index (χ0n) is 15.2. The number of alkyl halides is 2. The number of carbonyl (C=O) groups excluding carboxylic acids is 2. The topological polar surface area (TPSA) is 113 Å². The van der Waals surface area contributed by atoms with E-state index in [9.17, 15) is 18.4 Å². The number of methoxy groups -OCH3 is 2. The lowest BCUT2D eigenvalue weighted by Gasteiger charge is -2.21. The number of benzene rings is 1. The van der Waals surface area contributed by atoms with E-state index in [1.807, 2.05) is 0 Å². The number of fused-ring (bicyclic) bond motifs is 1. The first-order valence-corrected chi connectivity index (χ1v) is 8.36. The van der Waals surface area contributed by atoms with Gasteiger partial charge in [0.25, 0.3) is 11.8 Å². The van der Waals surface area contributed by atoms with Gasteiger partial charge in [0.05, 0.1) is 31.2 Å². The molecule has 1 fully saturated rings. The van der Waals surface area contributed by atoms with E-state index in [0.717, 1.165) is 0 Å². The molecule has 2 atom stereocenters. The lowest BCUT2D eigenvalue weighted by molar-refractivity contribution is -0.146. The maximum absolute atomic E-state index is 14.0.